The highest BCUT2D eigenvalue weighted by Gasteiger charge is 2.59. The Labute approximate surface area is 139 Å². The predicted molar refractivity (Wildman–Crippen MR) is 90.8 cm³/mol. The van der Waals surface area contributed by atoms with Gasteiger partial charge in [0.05, 0.1) is 12.2 Å². The van der Waals surface area contributed by atoms with E-state index in [0.29, 0.717) is 12.0 Å². The molecule has 5 atom stereocenters. The molecule has 2 N–H and O–H groups in total. The van der Waals surface area contributed by atoms with Crippen LogP contribution in [-0.2, 0) is 4.79 Å². The van der Waals surface area contributed by atoms with Gasteiger partial charge in [-0.2, -0.15) is 0 Å². The molecule has 0 bridgehead atoms. The summed E-state index contributed by atoms with van der Waals surface area (Å²) in [6, 6.07) is 0. The fraction of sp³-hybridized carbons (Fsp3) is 0.750. The van der Waals surface area contributed by atoms with E-state index in [1.807, 2.05) is 6.92 Å². The molecular formula is C20H30O3. The van der Waals surface area contributed by atoms with Crippen molar-refractivity contribution >= 4 is 5.78 Å². The van der Waals surface area contributed by atoms with Crippen molar-refractivity contribution in [1.29, 1.82) is 0 Å². The van der Waals surface area contributed by atoms with E-state index in [1.54, 1.807) is 6.08 Å². The molecule has 3 aliphatic carbocycles. The largest absolute Gasteiger partial charge is 0.392 e. The average molecular weight is 318 g/mol. The van der Waals surface area contributed by atoms with Crippen molar-refractivity contribution in [2.75, 3.05) is 0 Å². The van der Waals surface area contributed by atoms with Gasteiger partial charge in [0.15, 0.2) is 5.78 Å². The second-order valence-electron chi connectivity index (χ2n) is 9.01. The van der Waals surface area contributed by atoms with Gasteiger partial charge < -0.3 is 10.2 Å². The number of rotatable bonds is 1. The van der Waals surface area contributed by atoms with Crippen molar-refractivity contribution in [2.45, 2.75) is 72.0 Å². The lowest BCUT2D eigenvalue weighted by molar-refractivity contribution is -0.133. The molecule has 128 valence electrons. The van der Waals surface area contributed by atoms with Crippen LogP contribution in [0.2, 0.25) is 0 Å². The quantitative estimate of drug-likeness (QED) is 0.729. The Hall–Kier alpha value is -0.930. The molecule has 3 heteroatoms. The molecule has 0 saturated heterocycles. The summed E-state index contributed by atoms with van der Waals surface area (Å²) >= 11 is 0. The van der Waals surface area contributed by atoms with Crippen LogP contribution in [-0.4, -0.2) is 28.2 Å². The van der Waals surface area contributed by atoms with Gasteiger partial charge in [0, 0.05) is 22.8 Å². The Bertz CT molecular complexity index is 588. The smallest absolute Gasteiger partial charge is 0.161 e. The molecule has 0 aromatic rings. The van der Waals surface area contributed by atoms with Crippen LogP contribution in [0.5, 0.6) is 0 Å². The zero-order valence-corrected chi connectivity index (χ0v) is 14.9. The zero-order valence-electron chi connectivity index (χ0n) is 14.9. The summed E-state index contributed by atoms with van der Waals surface area (Å²) in [5.41, 5.74) is 0.785. The lowest BCUT2D eigenvalue weighted by atomic mass is 9.46. The van der Waals surface area contributed by atoms with Crippen LogP contribution in [0.3, 0.4) is 0 Å². The van der Waals surface area contributed by atoms with E-state index in [9.17, 15) is 15.0 Å². The third-order valence-electron chi connectivity index (χ3n) is 7.36. The zero-order chi connectivity index (χ0) is 17.2. The number of hydrogen-bond acceptors (Lipinski definition) is 3. The van der Waals surface area contributed by atoms with E-state index in [-0.39, 0.29) is 17.1 Å². The van der Waals surface area contributed by atoms with Crippen LogP contribution < -0.4 is 0 Å². The highest BCUT2D eigenvalue weighted by molar-refractivity contribution is 5.99. The van der Waals surface area contributed by atoms with Gasteiger partial charge in [-0.05, 0) is 37.0 Å². The van der Waals surface area contributed by atoms with Crippen molar-refractivity contribution in [1.82, 2.24) is 0 Å². The fourth-order valence-electron chi connectivity index (χ4n) is 5.48. The number of Topliss-reactive ketones (excluding diaryl/α,β-unsaturated/α-hetero) is 1. The maximum atomic E-state index is 12.9. The normalized spacial score (nSPS) is 46.2. The molecule has 0 aliphatic heterocycles. The van der Waals surface area contributed by atoms with Crippen LogP contribution in [0.4, 0.5) is 0 Å². The summed E-state index contributed by atoms with van der Waals surface area (Å²) < 4.78 is 0. The summed E-state index contributed by atoms with van der Waals surface area (Å²) in [6.45, 7) is 12.4. The molecule has 3 nitrogen and oxygen atoms in total. The van der Waals surface area contributed by atoms with E-state index in [0.717, 1.165) is 31.3 Å². The number of aliphatic hydroxyl groups is 2. The number of fused-ring (bicyclic) bond motifs is 2. The second-order valence-corrected chi connectivity index (χ2v) is 9.01. The summed E-state index contributed by atoms with van der Waals surface area (Å²) in [5.74, 6) is 0.218. The van der Waals surface area contributed by atoms with E-state index in [1.165, 1.54) is 0 Å². The minimum atomic E-state index is -0.800. The molecule has 0 spiro atoms. The van der Waals surface area contributed by atoms with Crippen LogP contribution in [0.1, 0.15) is 59.8 Å². The molecular weight excluding hydrogens is 288 g/mol. The Kier molecular flexibility index (Phi) is 3.70. The van der Waals surface area contributed by atoms with Gasteiger partial charge in [-0.15, -0.1) is 6.58 Å². The maximum Gasteiger partial charge on any atom is 0.161 e. The minimum absolute atomic E-state index is 0.0340. The number of aliphatic hydroxyl groups excluding tert-OH is 2. The molecule has 3 rings (SSSR count). The molecule has 0 aromatic heterocycles. The predicted octanol–water partition coefficient (Wildman–Crippen LogP) is 3.41. The summed E-state index contributed by atoms with van der Waals surface area (Å²) in [6.07, 6.45) is 4.23. The third kappa shape index (κ3) is 2.12. The molecule has 0 heterocycles. The maximum absolute atomic E-state index is 12.9. The van der Waals surface area contributed by atoms with E-state index in [2.05, 4.69) is 27.4 Å². The van der Waals surface area contributed by atoms with Gasteiger partial charge >= 0.3 is 0 Å². The van der Waals surface area contributed by atoms with Gasteiger partial charge in [0.1, 0.15) is 0 Å². The Balaban J connectivity index is 2.18. The third-order valence-corrected chi connectivity index (χ3v) is 7.36. The first-order chi connectivity index (χ1) is 10.6. The van der Waals surface area contributed by atoms with Crippen LogP contribution >= 0.6 is 0 Å². The van der Waals surface area contributed by atoms with Gasteiger partial charge in [-0.1, -0.05) is 39.3 Å². The molecule has 1 saturated carbocycles. The Morgan fingerprint density at radius 1 is 1.17 bits per heavy atom. The molecule has 0 amide bonds. The average Bonchev–Trinajstić information content (AvgIpc) is 2.49. The summed E-state index contributed by atoms with van der Waals surface area (Å²) in [7, 11) is 0. The van der Waals surface area contributed by atoms with Gasteiger partial charge in [0.25, 0.3) is 0 Å². The monoisotopic (exact) mass is 318 g/mol. The lowest BCUT2D eigenvalue weighted by Crippen LogP contribution is -2.57. The standard InChI is InChI=1S/C20H30O3/c1-6-19(4)10-7-12-16(17(19)23)13(21)11-14-18(2,3)9-8-15(22)20(12,14)5/h6,14-15,17,22-23H,1,7-11H2,2-5H3. The van der Waals surface area contributed by atoms with Gasteiger partial charge in [0.2, 0.25) is 0 Å². The fourth-order valence-corrected chi connectivity index (χ4v) is 5.48. The van der Waals surface area contributed by atoms with E-state index in [4.69, 9.17) is 0 Å². The van der Waals surface area contributed by atoms with Crippen molar-refractivity contribution in [3.63, 3.8) is 0 Å². The van der Waals surface area contributed by atoms with Gasteiger partial charge in [-0.25, -0.2) is 0 Å². The first kappa shape index (κ1) is 16.9. The number of hydrogen-bond donors (Lipinski definition) is 2. The SMILES string of the molecule is C=CC1(C)CCC2=C(C(=O)CC3C(C)(C)CCC(O)C23C)C1O. The van der Waals surface area contributed by atoms with Crippen LogP contribution in [0.15, 0.2) is 23.8 Å². The molecule has 23 heavy (non-hydrogen) atoms. The molecule has 0 aromatic carbocycles. The van der Waals surface area contributed by atoms with Crippen LogP contribution in [0.25, 0.3) is 0 Å². The summed E-state index contributed by atoms with van der Waals surface area (Å²) in [5, 5.41) is 21.7. The topological polar surface area (TPSA) is 57.5 Å². The van der Waals surface area contributed by atoms with Crippen molar-refractivity contribution in [3.05, 3.63) is 23.8 Å². The van der Waals surface area contributed by atoms with Gasteiger partial charge in [-0.3, -0.25) is 4.79 Å². The van der Waals surface area contributed by atoms with Crippen molar-refractivity contribution in [3.8, 4) is 0 Å². The lowest BCUT2D eigenvalue weighted by Gasteiger charge is -2.59. The molecule has 3 aliphatic rings. The molecule has 1 fully saturated rings. The number of carbonyl (C=O) groups excluding carboxylic acids is 1. The molecule has 5 unspecified atom stereocenters. The Morgan fingerprint density at radius 2 is 1.83 bits per heavy atom. The highest BCUT2D eigenvalue weighted by Crippen LogP contribution is 2.62. The number of ketones is 1. The van der Waals surface area contributed by atoms with Crippen LogP contribution in [0, 0.1) is 22.2 Å². The summed E-state index contributed by atoms with van der Waals surface area (Å²) in [4.78, 5) is 12.9. The van der Waals surface area contributed by atoms with E-state index < -0.39 is 23.0 Å². The first-order valence-electron chi connectivity index (χ1n) is 8.84. The second kappa shape index (κ2) is 5.03. The van der Waals surface area contributed by atoms with Crippen molar-refractivity contribution < 1.29 is 15.0 Å². The highest BCUT2D eigenvalue weighted by atomic mass is 16.3. The Morgan fingerprint density at radius 3 is 2.43 bits per heavy atom. The molecule has 0 radical (unpaired) electrons. The number of carbonyl (C=O) groups is 1. The van der Waals surface area contributed by atoms with Crippen molar-refractivity contribution in [2.24, 2.45) is 22.2 Å². The minimum Gasteiger partial charge on any atom is -0.392 e. The first-order valence-corrected chi connectivity index (χ1v) is 8.84. The van der Waals surface area contributed by atoms with E-state index >= 15 is 0 Å².